The zero-order chi connectivity index (χ0) is 21.4. The van der Waals surface area contributed by atoms with E-state index in [1.165, 1.54) is 4.68 Å². The third kappa shape index (κ3) is 3.38. The Labute approximate surface area is 175 Å². The van der Waals surface area contributed by atoms with Gasteiger partial charge in [-0.25, -0.2) is 4.68 Å². The van der Waals surface area contributed by atoms with Gasteiger partial charge in [-0.2, -0.15) is 5.10 Å². The third-order valence-corrected chi connectivity index (χ3v) is 5.44. The minimum Gasteiger partial charge on any atom is -0.311 e. The molecule has 0 bridgehead atoms. The van der Waals surface area contributed by atoms with Gasteiger partial charge in [-0.05, 0) is 56.7 Å². The summed E-state index contributed by atoms with van der Waals surface area (Å²) in [7, 11) is 0. The lowest BCUT2D eigenvalue weighted by Gasteiger charge is -2.22. The van der Waals surface area contributed by atoms with Crippen molar-refractivity contribution >= 4 is 28.0 Å². The van der Waals surface area contributed by atoms with E-state index in [-0.39, 0.29) is 18.0 Å². The number of amides is 1. The predicted molar refractivity (Wildman–Crippen MR) is 120 cm³/mol. The molecule has 30 heavy (non-hydrogen) atoms. The Bertz CT molecular complexity index is 1320. The van der Waals surface area contributed by atoms with Gasteiger partial charge in [0.25, 0.3) is 5.56 Å². The average Bonchev–Trinajstić information content (AvgIpc) is 3.09. The second-order valence-corrected chi connectivity index (χ2v) is 7.64. The van der Waals surface area contributed by atoms with Crippen LogP contribution in [0.5, 0.6) is 0 Å². The molecule has 0 unspecified atom stereocenters. The third-order valence-electron chi connectivity index (χ3n) is 5.44. The number of anilines is 1. The molecule has 0 aliphatic carbocycles. The number of rotatable bonds is 5. The van der Waals surface area contributed by atoms with Gasteiger partial charge >= 0.3 is 0 Å². The molecule has 0 radical (unpaired) electrons. The predicted octanol–water partition coefficient (Wildman–Crippen LogP) is 3.88. The lowest BCUT2D eigenvalue weighted by atomic mass is 10.2. The van der Waals surface area contributed by atoms with Crippen molar-refractivity contribution in [1.29, 1.82) is 0 Å². The lowest BCUT2D eigenvalue weighted by molar-refractivity contribution is -0.119. The van der Waals surface area contributed by atoms with Gasteiger partial charge < -0.3 is 4.90 Å². The number of carbonyl (C=O) groups is 1. The highest BCUT2D eigenvalue weighted by Crippen LogP contribution is 2.21. The Morgan fingerprint density at radius 3 is 2.47 bits per heavy atom. The molecule has 4 aromatic rings. The van der Waals surface area contributed by atoms with Crippen molar-refractivity contribution < 1.29 is 4.79 Å². The van der Waals surface area contributed by atoms with Crippen LogP contribution in [0.4, 0.5) is 5.69 Å². The first kappa shape index (κ1) is 19.9. The largest absolute Gasteiger partial charge is 0.311 e. The molecule has 0 fully saturated rings. The monoisotopic (exact) mass is 402 g/mol. The summed E-state index contributed by atoms with van der Waals surface area (Å²) >= 11 is 0. The molecule has 6 nitrogen and oxygen atoms in total. The van der Waals surface area contributed by atoms with Crippen LogP contribution in [-0.4, -0.2) is 26.6 Å². The molecule has 0 aliphatic heterocycles. The van der Waals surface area contributed by atoms with Crippen LogP contribution in [0.2, 0.25) is 0 Å². The minimum atomic E-state index is -0.255. The summed E-state index contributed by atoms with van der Waals surface area (Å²) in [6.45, 7) is 8.39. The number of likely N-dealkylation sites (N-methyl/N-ethyl adjacent to an activating group) is 1. The fourth-order valence-corrected chi connectivity index (χ4v) is 3.98. The zero-order valence-corrected chi connectivity index (χ0v) is 17.8. The minimum absolute atomic E-state index is 0.0926. The summed E-state index contributed by atoms with van der Waals surface area (Å²) in [4.78, 5) is 28.0. The van der Waals surface area contributed by atoms with E-state index in [0.717, 1.165) is 33.5 Å². The Morgan fingerprint density at radius 2 is 1.77 bits per heavy atom. The van der Waals surface area contributed by atoms with Crippen LogP contribution in [0.3, 0.4) is 0 Å². The van der Waals surface area contributed by atoms with Crippen molar-refractivity contribution in [3.8, 4) is 0 Å². The van der Waals surface area contributed by atoms with Gasteiger partial charge in [-0.1, -0.05) is 30.7 Å². The molecule has 2 aromatic carbocycles. The molecule has 0 saturated heterocycles. The van der Waals surface area contributed by atoms with E-state index in [0.29, 0.717) is 18.5 Å². The summed E-state index contributed by atoms with van der Waals surface area (Å²) in [6, 6.07) is 15.8. The maximum absolute atomic E-state index is 13.2. The molecule has 0 N–H and O–H groups in total. The second-order valence-electron chi connectivity index (χ2n) is 7.64. The fourth-order valence-electron chi connectivity index (χ4n) is 3.98. The van der Waals surface area contributed by atoms with Crippen LogP contribution < -0.4 is 10.5 Å². The molecule has 0 atom stereocenters. The highest BCUT2D eigenvalue weighted by atomic mass is 16.2. The normalized spacial score (nSPS) is 11.3. The smallest absolute Gasteiger partial charge is 0.291 e. The number of carbonyl (C=O) groups excluding carboxylic acids is 1. The number of hydrogen-bond donors (Lipinski definition) is 0. The first-order chi connectivity index (χ1) is 14.4. The Hall–Kier alpha value is -3.41. The standard InChI is InChI=1S/C24H26N4O2/c1-5-22-25-27(15-23(29)26(6-2)19-9-7-8-16(3)13-19)24(30)21-14-18-12-17(4)10-11-20(18)28(21)22/h7-14H,5-6,15H2,1-4H3. The van der Waals surface area contributed by atoms with Crippen molar-refractivity contribution in [2.75, 3.05) is 11.4 Å². The quantitative estimate of drug-likeness (QED) is 0.509. The summed E-state index contributed by atoms with van der Waals surface area (Å²) in [5.74, 6) is 0.603. The number of hydrogen-bond acceptors (Lipinski definition) is 3. The molecular weight excluding hydrogens is 376 g/mol. The molecule has 4 rings (SSSR count). The van der Waals surface area contributed by atoms with E-state index in [9.17, 15) is 9.59 Å². The van der Waals surface area contributed by atoms with Gasteiger partial charge in [0, 0.05) is 24.0 Å². The molecule has 1 amide bonds. The maximum atomic E-state index is 13.2. The van der Waals surface area contributed by atoms with Crippen LogP contribution in [0.25, 0.3) is 16.4 Å². The molecule has 154 valence electrons. The molecule has 2 heterocycles. The number of fused-ring (bicyclic) bond motifs is 3. The van der Waals surface area contributed by atoms with Crippen molar-refractivity contribution in [3.63, 3.8) is 0 Å². The average molecular weight is 402 g/mol. The Morgan fingerprint density at radius 1 is 1.00 bits per heavy atom. The van der Waals surface area contributed by atoms with Crippen molar-refractivity contribution in [2.45, 2.75) is 40.7 Å². The van der Waals surface area contributed by atoms with Crippen molar-refractivity contribution in [1.82, 2.24) is 14.2 Å². The molecule has 0 saturated carbocycles. The summed E-state index contributed by atoms with van der Waals surface area (Å²) in [5, 5.41) is 5.55. The summed E-state index contributed by atoms with van der Waals surface area (Å²) in [6.07, 6.45) is 0.651. The number of aryl methyl sites for hydroxylation is 3. The van der Waals surface area contributed by atoms with E-state index in [2.05, 4.69) is 11.2 Å². The van der Waals surface area contributed by atoms with E-state index < -0.39 is 0 Å². The van der Waals surface area contributed by atoms with Crippen LogP contribution in [0.15, 0.2) is 53.3 Å². The van der Waals surface area contributed by atoms with E-state index >= 15 is 0 Å². The van der Waals surface area contributed by atoms with E-state index in [4.69, 9.17) is 0 Å². The second kappa shape index (κ2) is 7.78. The van der Waals surface area contributed by atoms with Gasteiger partial charge in [0.1, 0.15) is 17.9 Å². The van der Waals surface area contributed by atoms with Crippen molar-refractivity contribution in [2.24, 2.45) is 0 Å². The van der Waals surface area contributed by atoms with E-state index in [1.54, 1.807) is 4.90 Å². The summed E-state index contributed by atoms with van der Waals surface area (Å²) in [5.41, 5.74) is 4.31. The maximum Gasteiger partial charge on any atom is 0.291 e. The zero-order valence-electron chi connectivity index (χ0n) is 17.8. The number of aromatic nitrogens is 3. The van der Waals surface area contributed by atoms with Crippen LogP contribution in [-0.2, 0) is 17.8 Å². The topological polar surface area (TPSA) is 59.6 Å². The first-order valence-electron chi connectivity index (χ1n) is 10.3. The molecule has 0 spiro atoms. The Balaban J connectivity index is 1.79. The van der Waals surface area contributed by atoms with Crippen molar-refractivity contribution in [3.05, 3.63) is 75.8 Å². The molecule has 6 heteroatoms. The fraction of sp³-hybridized carbons (Fsp3) is 0.292. The number of nitrogens with zero attached hydrogens (tertiary/aromatic N) is 4. The van der Waals surface area contributed by atoms with Crippen LogP contribution in [0.1, 0.15) is 30.8 Å². The molecular formula is C24H26N4O2. The van der Waals surface area contributed by atoms with Gasteiger partial charge in [-0.3, -0.25) is 14.0 Å². The highest BCUT2D eigenvalue weighted by molar-refractivity contribution is 5.93. The van der Waals surface area contributed by atoms with E-state index in [1.807, 2.05) is 74.6 Å². The Kier molecular flexibility index (Phi) is 5.16. The lowest BCUT2D eigenvalue weighted by Crippen LogP contribution is -2.38. The highest BCUT2D eigenvalue weighted by Gasteiger charge is 2.19. The molecule has 0 aliphatic rings. The first-order valence-corrected chi connectivity index (χ1v) is 10.3. The van der Waals surface area contributed by atoms with Gasteiger partial charge in [0.05, 0.1) is 5.52 Å². The number of benzene rings is 2. The van der Waals surface area contributed by atoms with Gasteiger partial charge in [-0.15, -0.1) is 0 Å². The molecule has 2 aromatic heterocycles. The van der Waals surface area contributed by atoms with Gasteiger partial charge in [0.2, 0.25) is 5.91 Å². The van der Waals surface area contributed by atoms with Gasteiger partial charge in [0.15, 0.2) is 0 Å². The SMILES string of the molecule is CCc1nn(CC(=O)N(CC)c2cccc(C)c2)c(=O)c2cc3cc(C)ccc3n12. The van der Waals surface area contributed by atoms with Crippen LogP contribution in [0, 0.1) is 13.8 Å². The summed E-state index contributed by atoms with van der Waals surface area (Å²) < 4.78 is 3.22. The van der Waals surface area contributed by atoms with Crippen LogP contribution >= 0.6 is 0 Å².